The molecule has 6 heteroatoms. The number of amides is 1. The molecule has 1 rings (SSSR count). The van der Waals surface area contributed by atoms with Crippen molar-refractivity contribution in [3.8, 4) is 0 Å². The Labute approximate surface area is 96.8 Å². The molecule has 0 saturated carbocycles. The molecule has 0 radical (unpaired) electrons. The molecule has 94 valence electrons. The van der Waals surface area contributed by atoms with Crippen LogP contribution in [0.1, 0.15) is 17.5 Å². The van der Waals surface area contributed by atoms with Gasteiger partial charge < -0.3 is 11.1 Å². The van der Waals surface area contributed by atoms with Crippen LogP contribution in [0.3, 0.4) is 0 Å². The van der Waals surface area contributed by atoms with E-state index in [0.29, 0.717) is 22.5 Å². The van der Waals surface area contributed by atoms with Gasteiger partial charge in [0.15, 0.2) is 0 Å². The number of nitrogens with one attached hydrogen (secondary N) is 1. The number of aryl methyl sites for hydroxylation is 2. The van der Waals surface area contributed by atoms with Crippen LogP contribution in [0, 0.1) is 13.8 Å². The zero-order valence-electron chi connectivity index (χ0n) is 9.48. The van der Waals surface area contributed by atoms with E-state index in [1.165, 1.54) is 0 Å². The van der Waals surface area contributed by atoms with Crippen molar-refractivity contribution < 1.29 is 18.0 Å². The number of benzene rings is 1. The van der Waals surface area contributed by atoms with Gasteiger partial charge in [0.2, 0.25) is 5.91 Å². The lowest BCUT2D eigenvalue weighted by atomic mass is 10.1. The molecule has 0 aliphatic heterocycles. The quantitative estimate of drug-likeness (QED) is 0.788. The summed E-state index contributed by atoms with van der Waals surface area (Å²) in [6.07, 6.45) is -5.99. The Kier molecular flexibility index (Phi) is 3.65. The molecule has 0 unspecified atom stereocenters. The predicted molar refractivity (Wildman–Crippen MR) is 59.6 cm³/mol. The average Bonchev–Trinajstić information content (AvgIpc) is 2.11. The smallest absolute Gasteiger partial charge is 0.397 e. The molecule has 1 aromatic rings. The molecule has 3 nitrogen and oxygen atoms in total. The van der Waals surface area contributed by atoms with Crippen LogP contribution in [0.4, 0.5) is 24.5 Å². The molecule has 0 atom stereocenters. The van der Waals surface area contributed by atoms with E-state index in [-0.39, 0.29) is 0 Å². The largest absolute Gasteiger partial charge is 0.399 e. The van der Waals surface area contributed by atoms with Gasteiger partial charge in [0.05, 0.1) is 0 Å². The normalized spacial score (nSPS) is 11.4. The number of nitrogen functional groups attached to an aromatic ring is 1. The van der Waals surface area contributed by atoms with Crippen molar-refractivity contribution in [3.63, 3.8) is 0 Å². The Balaban J connectivity index is 2.82. The number of halogens is 3. The predicted octanol–water partition coefficient (Wildman–Crippen LogP) is 2.78. The molecule has 0 aliphatic rings. The molecule has 0 spiro atoms. The first-order valence-electron chi connectivity index (χ1n) is 4.92. The number of hydrogen-bond donors (Lipinski definition) is 2. The topological polar surface area (TPSA) is 55.1 Å². The van der Waals surface area contributed by atoms with Crippen LogP contribution in [-0.2, 0) is 4.79 Å². The van der Waals surface area contributed by atoms with Crippen LogP contribution in [0.15, 0.2) is 12.1 Å². The van der Waals surface area contributed by atoms with Crippen molar-refractivity contribution in [2.45, 2.75) is 26.4 Å². The van der Waals surface area contributed by atoms with E-state index in [9.17, 15) is 18.0 Å². The molecule has 1 amide bonds. The second kappa shape index (κ2) is 4.65. The van der Waals surface area contributed by atoms with E-state index in [2.05, 4.69) is 5.32 Å². The van der Waals surface area contributed by atoms with Crippen LogP contribution in [0.5, 0.6) is 0 Å². The van der Waals surface area contributed by atoms with Crippen LogP contribution >= 0.6 is 0 Å². The van der Waals surface area contributed by atoms with E-state index in [1.54, 1.807) is 26.0 Å². The third kappa shape index (κ3) is 3.97. The number of carbonyl (C=O) groups is 1. The molecule has 17 heavy (non-hydrogen) atoms. The summed E-state index contributed by atoms with van der Waals surface area (Å²) < 4.78 is 35.9. The number of hydrogen-bond acceptors (Lipinski definition) is 2. The minimum Gasteiger partial charge on any atom is -0.399 e. The van der Waals surface area contributed by atoms with Gasteiger partial charge in [-0.2, -0.15) is 13.2 Å². The van der Waals surface area contributed by atoms with Gasteiger partial charge in [-0.25, -0.2) is 0 Å². The lowest BCUT2D eigenvalue weighted by Crippen LogP contribution is -2.21. The molecule has 0 fully saturated rings. The Morgan fingerprint density at radius 3 is 2.41 bits per heavy atom. The molecule has 0 bridgehead atoms. The molecule has 1 aromatic carbocycles. The van der Waals surface area contributed by atoms with Gasteiger partial charge in [-0.05, 0) is 37.1 Å². The van der Waals surface area contributed by atoms with Gasteiger partial charge in [0.25, 0.3) is 0 Å². The summed E-state index contributed by atoms with van der Waals surface area (Å²) in [6.45, 7) is 3.38. The third-order valence-corrected chi connectivity index (χ3v) is 2.25. The maximum absolute atomic E-state index is 12.0. The van der Waals surface area contributed by atoms with Gasteiger partial charge in [0, 0.05) is 11.4 Å². The summed E-state index contributed by atoms with van der Waals surface area (Å²) in [7, 11) is 0. The number of nitrogens with two attached hydrogens (primary N) is 1. The van der Waals surface area contributed by atoms with E-state index >= 15 is 0 Å². The SMILES string of the molecule is Cc1cc(NC(=O)CC(F)(F)F)c(C)cc1N. The van der Waals surface area contributed by atoms with E-state index < -0.39 is 18.5 Å². The molecule has 0 saturated heterocycles. The van der Waals surface area contributed by atoms with Gasteiger partial charge >= 0.3 is 6.18 Å². The molecular formula is C11H13F3N2O. The summed E-state index contributed by atoms with van der Waals surface area (Å²) in [5.74, 6) is -1.08. The molecular weight excluding hydrogens is 233 g/mol. The molecule has 3 N–H and O–H groups in total. The number of carbonyl (C=O) groups excluding carboxylic acids is 1. The fourth-order valence-corrected chi connectivity index (χ4v) is 1.35. The van der Waals surface area contributed by atoms with Gasteiger partial charge in [-0.3, -0.25) is 4.79 Å². The number of anilines is 2. The zero-order valence-corrected chi connectivity index (χ0v) is 9.48. The van der Waals surface area contributed by atoms with Crippen LogP contribution in [0.25, 0.3) is 0 Å². The highest BCUT2D eigenvalue weighted by molar-refractivity contribution is 5.92. The Hall–Kier alpha value is -1.72. The summed E-state index contributed by atoms with van der Waals surface area (Å²) >= 11 is 0. The molecule has 0 heterocycles. The maximum Gasteiger partial charge on any atom is 0.397 e. The summed E-state index contributed by atoms with van der Waals surface area (Å²) in [5.41, 5.74) is 7.86. The Morgan fingerprint density at radius 1 is 1.29 bits per heavy atom. The first-order valence-corrected chi connectivity index (χ1v) is 4.92. The fraction of sp³-hybridized carbons (Fsp3) is 0.364. The van der Waals surface area contributed by atoms with Gasteiger partial charge in [-0.15, -0.1) is 0 Å². The second-order valence-electron chi connectivity index (χ2n) is 3.86. The standard InChI is InChI=1S/C11H13F3N2O/c1-6-4-9(7(2)3-8(6)15)16-10(17)5-11(12,13)14/h3-4H,5,15H2,1-2H3,(H,16,17). The van der Waals surface area contributed by atoms with Crippen molar-refractivity contribution in [1.29, 1.82) is 0 Å². The zero-order chi connectivity index (χ0) is 13.2. The fourth-order valence-electron chi connectivity index (χ4n) is 1.35. The lowest BCUT2D eigenvalue weighted by Gasteiger charge is -2.12. The first kappa shape index (κ1) is 13.3. The Morgan fingerprint density at radius 2 is 1.88 bits per heavy atom. The number of alkyl halides is 3. The van der Waals surface area contributed by atoms with Crippen molar-refractivity contribution in [2.75, 3.05) is 11.1 Å². The van der Waals surface area contributed by atoms with Crippen LogP contribution < -0.4 is 11.1 Å². The monoisotopic (exact) mass is 246 g/mol. The second-order valence-corrected chi connectivity index (χ2v) is 3.86. The average molecular weight is 246 g/mol. The summed E-state index contributed by atoms with van der Waals surface area (Å²) in [4.78, 5) is 11.1. The summed E-state index contributed by atoms with van der Waals surface area (Å²) in [6, 6.07) is 3.16. The van der Waals surface area contributed by atoms with Crippen molar-refractivity contribution >= 4 is 17.3 Å². The van der Waals surface area contributed by atoms with Crippen molar-refractivity contribution in [3.05, 3.63) is 23.3 Å². The lowest BCUT2D eigenvalue weighted by molar-refractivity contribution is -0.150. The van der Waals surface area contributed by atoms with Crippen LogP contribution in [-0.4, -0.2) is 12.1 Å². The molecule has 0 aromatic heterocycles. The van der Waals surface area contributed by atoms with Crippen molar-refractivity contribution in [2.24, 2.45) is 0 Å². The molecule has 0 aliphatic carbocycles. The van der Waals surface area contributed by atoms with Gasteiger partial charge in [-0.1, -0.05) is 0 Å². The summed E-state index contributed by atoms with van der Waals surface area (Å²) in [5, 5.41) is 2.22. The van der Waals surface area contributed by atoms with E-state index in [1.807, 2.05) is 0 Å². The van der Waals surface area contributed by atoms with Crippen LogP contribution in [0.2, 0.25) is 0 Å². The first-order chi connectivity index (χ1) is 7.69. The minimum atomic E-state index is -4.50. The number of rotatable bonds is 2. The van der Waals surface area contributed by atoms with Gasteiger partial charge in [0.1, 0.15) is 6.42 Å². The van der Waals surface area contributed by atoms with Crippen molar-refractivity contribution in [1.82, 2.24) is 0 Å². The highest BCUT2D eigenvalue weighted by Gasteiger charge is 2.31. The van der Waals surface area contributed by atoms with E-state index in [0.717, 1.165) is 0 Å². The maximum atomic E-state index is 12.0. The highest BCUT2D eigenvalue weighted by Crippen LogP contribution is 2.24. The van der Waals surface area contributed by atoms with E-state index in [4.69, 9.17) is 5.73 Å². The Bertz CT molecular complexity index is 441. The third-order valence-electron chi connectivity index (χ3n) is 2.25. The minimum absolute atomic E-state index is 0.353. The highest BCUT2D eigenvalue weighted by atomic mass is 19.4.